The Morgan fingerprint density at radius 3 is 2.50 bits per heavy atom. The van der Waals surface area contributed by atoms with E-state index in [4.69, 9.17) is 0 Å². The van der Waals surface area contributed by atoms with E-state index >= 15 is 0 Å². The van der Waals surface area contributed by atoms with Crippen LogP contribution >= 0.6 is 0 Å². The Kier molecular flexibility index (Phi) is 4.98. The van der Waals surface area contributed by atoms with E-state index in [2.05, 4.69) is 5.32 Å². The van der Waals surface area contributed by atoms with Gasteiger partial charge in [0.15, 0.2) is 0 Å². The smallest absolute Gasteiger partial charge is 0.253 e. The number of aromatic nitrogens is 1. The average Bonchev–Trinajstić information content (AvgIpc) is 2.81. The Bertz CT molecular complexity index is 658. The van der Waals surface area contributed by atoms with Crippen molar-refractivity contribution in [3.8, 4) is 5.69 Å². The number of carbonyl (C=O) groups is 1. The first kappa shape index (κ1) is 16.2. The molecule has 0 saturated heterocycles. The number of hydrogen-bond acceptors (Lipinski definition) is 2. The van der Waals surface area contributed by atoms with E-state index in [-0.39, 0.29) is 24.4 Å². The molecule has 4 nitrogen and oxygen atoms in total. The van der Waals surface area contributed by atoms with Crippen LogP contribution in [0.3, 0.4) is 0 Å². The molecule has 0 aliphatic rings. The van der Waals surface area contributed by atoms with Crippen LogP contribution in [0.4, 0.5) is 4.39 Å². The van der Waals surface area contributed by atoms with Gasteiger partial charge in [-0.25, -0.2) is 4.39 Å². The van der Waals surface area contributed by atoms with Crippen molar-refractivity contribution in [3.63, 3.8) is 0 Å². The lowest BCUT2D eigenvalue weighted by molar-refractivity contribution is 0.0914. The lowest BCUT2D eigenvalue weighted by atomic mass is 10.2. The number of amides is 1. The number of aliphatic hydroxyl groups is 1. The number of hydrogen-bond donors (Lipinski definition) is 2. The largest absolute Gasteiger partial charge is 0.394 e. The highest BCUT2D eigenvalue weighted by Gasteiger charge is 2.18. The summed E-state index contributed by atoms with van der Waals surface area (Å²) in [6.45, 7) is 5.57. The minimum Gasteiger partial charge on any atom is -0.394 e. The van der Waals surface area contributed by atoms with Gasteiger partial charge in [-0.1, -0.05) is 6.92 Å². The fourth-order valence-corrected chi connectivity index (χ4v) is 2.52. The topological polar surface area (TPSA) is 54.3 Å². The van der Waals surface area contributed by atoms with Crippen LogP contribution in [-0.2, 0) is 0 Å². The quantitative estimate of drug-likeness (QED) is 0.892. The van der Waals surface area contributed by atoms with Gasteiger partial charge in [0.1, 0.15) is 5.82 Å². The second kappa shape index (κ2) is 6.75. The van der Waals surface area contributed by atoms with Crippen molar-refractivity contribution in [2.75, 3.05) is 6.61 Å². The van der Waals surface area contributed by atoms with Crippen molar-refractivity contribution in [3.05, 3.63) is 53.1 Å². The third-order valence-corrected chi connectivity index (χ3v) is 3.81. The van der Waals surface area contributed by atoms with Crippen molar-refractivity contribution in [1.29, 1.82) is 0 Å². The van der Waals surface area contributed by atoms with Gasteiger partial charge in [0.2, 0.25) is 0 Å². The molecule has 1 aromatic heterocycles. The first-order chi connectivity index (χ1) is 10.5. The minimum absolute atomic E-state index is 0.0844. The summed E-state index contributed by atoms with van der Waals surface area (Å²) in [6.07, 6.45) is 0.666. The number of halogens is 1. The van der Waals surface area contributed by atoms with Crippen LogP contribution in [0.25, 0.3) is 5.69 Å². The molecule has 2 aromatic rings. The zero-order valence-electron chi connectivity index (χ0n) is 13.1. The SMILES string of the molecule is CCC(CO)NC(=O)c1cc(C)n(-c2ccc(F)cc2)c1C. The van der Waals surface area contributed by atoms with Gasteiger partial charge in [-0.2, -0.15) is 0 Å². The Morgan fingerprint density at radius 2 is 1.95 bits per heavy atom. The molecule has 1 aromatic carbocycles. The zero-order valence-corrected chi connectivity index (χ0v) is 13.1. The van der Waals surface area contributed by atoms with Crippen LogP contribution in [-0.4, -0.2) is 28.2 Å². The highest BCUT2D eigenvalue weighted by Crippen LogP contribution is 2.21. The summed E-state index contributed by atoms with van der Waals surface area (Å²) in [5, 5.41) is 12.0. The standard InChI is InChI=1S/C17H21FN2O2/c1-4-14(10-21)19-17(22)16-9-11(2)20(12(16)3)15-7-5-13(18)6-8-15/h5-9,14,21H,4,10H2,1-3H3,(H,19,22). The van der Waals surface area contributed by atoms with Crippen LogP contribution in [0.5, 0.6) is 0 Å². The molecular formula is C17H21FN2O2. The van der Waals surface area contributed by atoms with E-state index in [1.165, 1.54) is 12.1 Å². The van der Waals surface area contributed by atoms with Gasteiger partial charge in [-0.3, -0.25) is 4.79 Å². The summed E-state index contributed by atoms with van der Waals surface area (Å²) in [6, 6.07) is 7.71. The highest BCUT2D eigenvalue weighted by atomic mass is 19.1. The molecule has 5 heteroatoms. The van der Waals surface area contributed by atoms with Crippen LogP contribution in [0.2, 0.25) is 0 Å². The molecule has 0 spiro atoms. The summed E-state index contributed by atoms with van der Waals surface area (Å²) in [7, 11) is 0. The summed E-state index contributed by atoms with van der Waals surface area (Å²) in [5.41, 5.74) is 3.05. The fourth-order valence-electron chi connectivity index (χ4n) is 2.52. The van der Waals surface area contributed by atoms with Gasteiger partial charge >= 0.3 is 0 Å². The Hall–Kier alpha value is -2.14. The molecule has 0 fully saturated rings. The van der Waals surface area contributed by atoms with Gasteiger partial charge in [-0.15, -0.1) is 0 Å². The maximum absolute atomic E-state index is 13.1. The number of carbonyl (C=O) groups excluding carboxylic acids is 1. The molecule has 0 aliphatic carbocycles. The summed E-state index contributed by atoms with van der Waals surface area (Å²) in [4.78, 5) is 12.3. The Balaban J connectivity index is 2.34. The van der Waals surface area contributed by atoms with Crippen molar-refractivity contribution in [2.45, 2.75) is 33.2 Å². The molecule has 2 rings (SSSR count). The van der Waals surface area contributed by atoms with Gasteiger partial charge < -0.3 is 15.0 Å². The van der Waals surface area contributed by atoms with Crippen LogP contribution in [0.15, 0.2) is 30.3 Å². The molecule has 118 valence electrons. The van der Waals surface area contributed by atoms with Gasteiger partial charge in [0.25, 0.3) is 5.91 Å². The second-order valence-corrected chi connectivity index (χ2v) is 5.36. The van der Waals surface area contributed by atoms with Crippen LogP contribution < -0.4 is 5.32 Å². The monoisotopic (exact) mass is 304 g/mol. The molecule has 2 N–H and O–H groups in total. The minimum atomic E-state index is -0.294. The number of nitrogens with zero attached hydrogens (tertiary/aromatic N) is 1. The van der Waals surface area contributed by atoms with E-state index in [0.717, 1.165) is 17.1 Å². The van der Waals surface area contributed by atoms with E-state index in [9.17, 15) is 14.3 Å². The second-order valence-electron chi connectivity index (χ2n) is 5.36. The molecule has 0 aliphatic heterocycles. The molecule has 1 atom stereocenters. The molecule has 22 heavy (non-hydrogen) atoms. The first-order valence-electron chi connectivity index (χ1n) is 7.34. The third-order valence-electron chi connectivity index (χ3n) is 3.81. The summed E-state index contributed by atoms with van der Waals surface area (Å²) in [5.74, 6) is -0.500. The predicted octanol–water partition coefficient (Wildman–Crippen LogP) is 2.73. The first-order valence-corrected chi connectivity index (χ1v) is 7.34. The van der Waals surface area contributed by atoms with E-state index < -0.39 is 0 Å². The van der Waals surface area contributed by atoms with E-state index in [1.807, 2.05) is 25.3 Å². The lowest BCUT2D eigenvalue weighted by Crippen LogP contribution is -2.37. The van der Waals surface area contributed by atoms with Crippen molar-refractivity contribution in [2.24, 2.45) is 0 Å². The van der Waals surface area contributed by atoms with Crippen LogP contribution in [0, 0.1) is 19.7 Å². The molecule has 1 amide bonds. The Morgan fingerprint density at radius 1 is 1.32 bits per heavy atom. The van der Waals surface area contributed by atoms with Crippen molar-refractivity contribution >= 4 is 5.91 Å². The Labute approximate surface area is 129 Å². The maximum atomic E-state index is 13.1. The average molecular weight is 304 g/mol. The van der Waals surface area contributed by atoms with Gasteiger partial charge in [-0.05, 0) is 50.6 Å². The van der Waals surface area contributed by atoms with Crippen LogP contribution in [0.1, 0.15) is 35.1 Å². The molecule has 1 unspecified atom stereocenters. The van der Waals surface area contributed by atoms with Crippen molar-refractivity contribution < 1.29 is 14.3 Å². The summed E-state index contributed by atoms with van der Waals surface area (Å²) >= 11 is 0. The molecule has 0 saturated carbocycles. The number of aryl methyl sites for hydroxylation is 1. The van der Waals surface area contributed by atoms with Gasteiger partial charge in [0, 0.05) is 17.1 Å². The number of rotatable bonds is 5. The summed E-state index contributed by atoms with van der Waals surface area (Å²) < 4.78 is 15.0. The molecule has 1 heterocycles. The predicted molar refractivity (Wildman–Crippen MR) is 83.8 cm³/mol. The number of aliphatic hydroxyl groups excluding tert-OH is 1. The number of benzene rings is 1. The van der Waals surface area contributed by atoms with E-state index in [0.29, 0.717) is 12.0 Å². The normalized spacial score (nSPS) is 12.2. The molecule has 0 bridgehead atoms. The van der Waals surface area contributed by atoms with Crippen molar-refractivity contribution in [1.82, 2.24) is 9.88 Å². The zero-order chi connectivity index (χ0) is 16.3. The lowest BCUT2D eigenvalue weighted by Gasteiger charge is -2.14. The van der Waals surface area contributed by atoms with Gasteiger partial charge in [0.05, 0.1) is 18.2 Å². The third kappa shape index (κ3) is 3.20. The fraction of sp³-hybridized carbons (Fsp3) is 0.353. The number of nitrogens with one attached hydrogen (secondary N) is 1. The molecule has 0 radical (unpaired) electrons. The molecular weight excluding hydrogens is 283 g/mol. The maximum Gasteiger partial charge on any atom is 0.253 e. The highest BCUT2D eigenvalue weighted by molar-refractivity contribution is 5.96. The van der Waals surface area contributed by atoms with E-state index in [1.54, 1.807) is 18.2 Å².